The van der Waals surface area contributed by atoms with Crippen molar-refractivity contribution in [2.24, 2.45) is 0 Å². The molecule has 7 aromatic rings. The van der Waals surface area contributed by atoms with Gasteiger partial charge in [-0.1, -0.05) is 162 Å². The number of benzene rings is 7. The van der Waals surface area contributed by atoms with Crippen molar-refractivity contribution in [3.05, 3.63) is 243 Å². The summed E-state index contributed by atoms with van der Waals surface area (Å²) in [4.78, 5) is 14.3. The summed E-state index contributed by atoms with van der Waals surface area (Å²) >= 11 is 0. The monoisotopic (exact) mass is 755 g/mol. The van der Waals surface area contributed by atoms with Gasteiger partial charge in [0.25, 0.3) is 0 Å². The van der Waals surface area contributed by atoms with Gasteiger partial charge in [0.15, 0.2) is 0 Å². The third kappa shape index (κ3) is 9.69. The van der Waals surface area contributed by atoms with Crippen molar-refractivity contribution in [1.29, 1.82) is 0 Å². The number of hydrogen-bond acceptors (Lipinski definition) is 3. The Morgan fingerprint density at radius 1 is 0.466 bits per heavy atom. The summed E-state index contributed by atoms with van der Waals surface area (Å²) in [5.74, 6) is -0.394. The van der Waals surface area contributed by atoms with Gasteiger partial charge in [-0.15, -0.1) is 0 Å². The number of aryl methyl sites for hydroxylation is 4. The summed E-state index contributed by atoms with van der Waals surface area (Å²) < 4.78 is 5.44. The van der Waals surface area contributed by atoms with Gasteiger partial charge in [0.2, 0.25) is 0 Å². The number of hydrogen-bond donors (Lipinski definition) is 0. The lowest BCUT2D eigenvalue weighted by molar-refractivity contribution is -0.140. The van der Waals surface area contributed by atoms with Crippen LogP contribution in [-0.2, 0) is 16.1 Å². The lowest BCUT2D eigenvalue weighted by atomic mass is 9.94. The maximum atomic E-state index is 12.1. The fraction of sp³-hybridized carbons (Fsp3) is 0.109. The molecule has 7 rings (SSSR count). The number of nitrogens with zero attached hydrogens (tertiary/aromatic N) is 1. The lowest BCUT2D eigenvalue weighted by Crippen LogP contribution is -2.10. The Labute approximate surface area is 343 Å². The second kappa shape index (κ2) is 17.9. The molecule has 0 heterocycles. The van der Waals surface area contributed by atoms with Crippen molar-refractivity contribution in [3.63, 3.8) is 0 Å². The van der Waals surface area contributed by atoms with Crippen molar-refractivity contribution in [2.45, 2.75) is 41.2 Å². The highest BCUT2D eigenvalue weighted by Crippen LogP contribution is 2.37. The molecule has 0 aliphatic carbocycles. The number of carbonyl (C=O) groups excluding carboxylic acids is 1. The summed E-state index contributed by atoms with van der Waals surface area (Å²) in [6, 6.07) is 60.5. The summed E-state index contributed by atoms with van der Waals surface area (Å²) in [6.45, 7) is 14.0. The van der Waals surface area contributed by atoms with Crippen LogP contribution in [0.25, 0.3) is 23.3 Å². The Balaban J connectivity index is 1.25. The first-order valence-corrected chi connectivity index (χ1v) is 19.7. The zero-order valence-corrected chi connectivity index (χ0v) is 34.0. The molecule has 0 atom stereocenters. The minimum atomic E-state index is -0.394. The molecule has 3 nitrogen and oxygen atoms in total. The van der Waals surface area contributed by atoms with Gasteiger partial charge in [0.1, 0.15) is 6.61 Å². The molecular weight excluding hydrogens is 707 g/mol. The fourth-order valence-electron chi connectivity index (χ4n) is 6.83. The normalized spacial score (nSPS) is 10.7. The summed E-state index contributed by atoms with van der Waals surface area (Å²) in [6.07, 6.45) is 4.54. The van der Waals surface area contributed by atoms with Crippen LogP contribution >= 0.6 is 0 Å². The van der Waals surface area contributed by atoms with Crippen LogP contribution in [0.1, 0.15) is 68.1 Å². The first-order chi connectivity index (χ1) is 28.1. The molecule has 0 aliphatic heterocycles. The smallest absolute Gasteiger partial charge is 0.333 e. The van der Waals surface area contributed by atoms with Crippen molar-refractivity contribution >= 4 is 46.3 Å². The minimum Gasteiger partial charge on any atom is -0.457 e. The molecule has 286 valence electrons. The van der Waals surface area contributed by atoms with Gasteiger partial charge in [0.05, 0.1) is 0 Å². The molecule has 0 amide bonds. The molecule has 0 fully saturated rings. The molecule has 0 radical (unpaired) electrons. The predicted octanol–water partition coefficient (Wildman–Crippen LogP) is 14.2. The molecule has 0 aliphatic rings. The Hall–Kier alpha value is -6.97. The minimum absolute atomic E-state index is 0.183. The van der Waals surface area contributed by atoms with Gasteiger partial charge >= 0.3 is 5.97 Å². The Morgan fingerprint density at radius 2 is 0.759 bits per heavy atom. The van der Waals surface area contributed by atoms with Gasteiger partial charge in [0, 0.05) is 22.6 Å². The highest BCUT2D eigenvalue weighted by Gasteiger charge is 2.15. The van der Waals surface area contributed by atoms with E-state index in [-0.39, 0.29) is 6.61 Å². The molecule has 7 aromatic carbocycles. The summed E-state index contributed by atoms with van der Waals surface area (Å²) in [5, 5.41) is 0. The van der Waals surface area contributed by atoms with E-state index in [2.05, 4.69) is 209 Å². The van der Waals surface area contributed by atoms with Gasteiger partial charge in [-0.2, -0.15) is 0 Å². The van der Waals surface area contributed by atoms with E-state index < -0.39 is 5.97 Å². The molecule has 0 N–H and O–H groups in total. The maximum absolute atomic E-state index is 12.1. The largest absolute Gasteiger partial charge is 0.457 e. The molecular formula is C55H49NO2. The molecule has 0 bridgehead atoms. The Kier molecular flexibility index (Phi) is 12.1. The number of rotatable bonds is 12. The van der Waals surface area contributed by atoms with Crippen molar-refractivity contribution in [2.75, 3.05) is 4.90 Å². The summed E-state index contributed by atoms with van der Waals surface area (Å²) in [7, 11) is 0. The molecule has 0 unspecified atom stereocenters. The van der Waals surface area contributed by atoms with Crippen LogP contribution in [0, 0.1) is 27.7 Å². The lowest BCUT2D eigenvalue weighted by Gasteiger charge is -2.26. The van der Waals surface area contributed by atoms with E-state index in [0.29, 0.717) is 5.57 Å². The molecule has 0 aromatic heterocycles. The van der Waals surface area contributed by atoms with E-state index in [1.807, 2.05) is 12.1 Å². The van der Waals surface area contributed by atoms with Crippen molar-refractivity contribution < 1.29 is 9.53 Å². The number of esters is 1. The van der Waals surface area contributed by atoms with Crippen LogP contribution in [0.15, 0.2) is 182 Å². The van der Waals surface area contributed by atoms with Crippen LogP contribution in [-0.4, -0.2) is 5.97 Å². The van der Waals surface area contributed by atoms with Gasteiger partial charge in [-0.3, -0.25) is 0 Å². The van der Waals surface area contributed by atoms with Gasteiger partial charge < -0.3 is 9.64 Å². The SMILES string of the molecule is C=C(C)C(=O)OCc1ccc(N(c2ccc(C=C(c3ccc(C)cc3)c3ccc(C)cc3)cc2)c2ccc(C=C(c3ccc(C)cc3)c3ccc(C)cc3)cc2)cc1. The van der Waals surface area contributed by atoms with Crippen LogP contribution in [0.2, 0.25) is 0 Å². The molecule has 0 spiro atoms. The highest BCUT2D eigenvalue weighted by atomic mass is 16.5. The number of ether oxygens (including phenoxy) is 1. The third-order valence-corrected chi connectivity index (χ3v) is 10.3. The van der Waals surface area contributed by atoms with Crippen molar-refractivity contribution in [1.82, 2.24) is 0 Å². The highest BCUT2D eigenvalue weighted by molar-refractivity contribution is 5.93. The molecule has 58 heavy (non-hydrogen) atoms. The van der Waals surface area contributed by atoms with E-state index in [0.717, 1.165) is 33.8 Å². The number of anilines is 3. The number of carbonyl (C=O) groups is 1. The third-order valence-electron chi connectivity index (χ3n) is 10.3. The van der Waals surface area contributed by atoms with Gasteiger partial charge in [-0.05, 0) is 133 Å². The standard InChI is InChI=1S/C55H49NO2/c1-38(2)55(57)58-37-45-19-33-52(34-20-45)56(50-29-15-43(16-30-50)35-53(46-21-7-39(3)8-22-46)47-23-9-40(4)10-24-47)51-31-17-44(18-32-51)36-54(48-25-11-41(5)12-26-48)49-27-13-42(6)14-28-49/h7-36H,1,37H2,2-6H3. The second-order valence-corrected chi connectivity index (χ2v) is 15.1. The average molecular weight is 756 g/mol. The first kappa shape index (κ1) is 39.3. The molecule has 0 saturated carbocycles. The van der Waals surface area contributed by atoms with E-state index >= 15 is 0 Å². The zero-order valence-electron chi connectivity index (χ0n) is 34.0. The maximum Gasteiger partial charge on any atom is 0.333 e. The molecule has 3 heteroatoms. The first-order valence-electron chi connectivity index (χ1n) is 19.7. The topological polar surface area (TPSA) is 29.5 Å². The second-order valence-electron chi connectivity index (χ2n) is 15.1. The zero-order chi connectivity index (χ0) is 40.6. The van der Waals surface area contributed by atoms with Crippen LogP contribution < -0.4 is 4.90 Å². The van der Waals surface area contributed by atoms with E-state index in [1.54, 1.807) is 6.92 Å². The van der Waals surface area contributed by atoms with E-state index in [9.17, 15) is 4.79 Å². The van der Waals surface area contributed by atoms with Crippen LogP contribution in [0.4, 0.5) is 17.1 Å². The predicted molar refractivity (Wildman–Crippen MR) is 244 cm³/mol. The van der Waals surface area contributed by atoms with Crippen LogP contribution in [0.5, 0.6) is 0 Å². The van der Waals surface area contributed by atoms with E-state index in [4.69, 9.17) is 4.74 Å². The fourth-order valence-corrected chi connectivity index (χ4v) is 6.83. The van der Waals surface area contributed by atoms with Gasteiger partial charge in [-0.25, -0.2) is 4.79 Å². The van der Waals surface area contributed by atoms with E-state index in [1.165, 1.54) is 55.7 Å². The Bertz CT molecular complexity index is 2310. The quantitative estimate of drug-likeness (QED) is 0.0706. The average Bonchev–Trinajstić information content (AvgIpc) is 3.24. The van der Waals surface area contributed by atoms with Crippen LogP contribution in [0.3, 0.4) is 0 Å². The Morgan fingerprint density at radius 3 is 1.05 bits per heavy atom. The molecule has 0 saturated heterocycles. The van der Waals surface area contributed by atoms with Crippen molar-refractivity contribution in [3.8, 4) is 0 Å². The summed E-state index contributed by atoms with van der Waals surface area (Å²) in [5.41, 5.74) is 18.5.